The van der Waals surface area contributed by atoms with E-state index in [1.807, 2.05) is 45.0 Å². The van der Waals surface area contributed by atoms with Crippen LogP contribution < -0.4 is 9.64 Å². The van der Waals surface area contributed by atoms with Crippen LogP contribution in [0.5, 0.6) is 5.75 Å². The van der Waals surface area contributed by atoms with Crippen LogP contribution in [0.3, 0.4) is 0 Å². The lowest BCUT2D eigenvalue weighted by atomic mass is 10.1. The molecule has 2 rings (SSSR count). The minimum Gasteiger partial charge on any atom is -0.497 e. The van der Waals surface area contributed by atoms with E-state index in [0.29, 0.717) is 17.9 Å². The van der Waals surface area contributed by atoms with Gasteiger partial charge in [-0.15, -0.1) is 0 Å². The fourth-order valence-electron chi connectivity index (χ4n) is 2.37. The number of ether oxygens (including phenoxy) is 1. The Morgan fingerprint density at radius 3 is 2.55 bits per heavy atom. The molecule has 2 aromatic rings. The normalized spacial score (nSPS) is 10.4. The zero-order valence-corrected chi connectivity index (χ0v) is 14.9. The first kappa shape index (κ1) is 16.6. The average Bonchev–Trinajstić information content (AvgIpc) is 2.51. The Morgan fingerprint density at radius 1 is 1.18 bits per heavy atom. The molecule has 1 amide bonds. The molecule has 0 spiro atoms. The number of anilines is 1. The number of amides is 1. The molecule has 0 saturated carbocycles. The van der Waals surface area contributed by atoms with Crippen molar-refractivity contribution in [2.24, 2.45) is 0 Å². The van der Waals surface area contributed by atoms with Crippen molar-refractivity contribution in [1.82, 2.24) is 0 Å². The van der Waals surface area contributed by atoms with Crippen molar-refractivity contribution in [3.8, 4) is 5.75 Å². The van der Waals surface area contributed by atoms with Crippen molar-refractivity contribution in [1.29, 1.82) is 0 Å². The van der Waals surface area contributed by atoms with Crippen LogP contribution >= 0.6 is 15.9 Å². The molecular formula is C18H20BrNO2. The lowest BCUT2D eigenvalue weighted by Crippen LogP contribution is -2.31. The van der Waals surface area contributed by atoms with Gasteiger partial charge in [0.2, 0.25) is 0 Å². The number of methoxy groups -OCH3 is 1. The molecule has 0 aromatic heterocycles. The molecule has 0 heterocycles. The molecule has 4 heteroatoms. The van der Waals surface area contributed by atoms with Crippen LogP contribution in [0.1, 0.15) is 28.4 Å². The number of carbonyl (C=O) groups excluding carboxylic acids is 1. The van der Waals surface area contributed by atoms with E-state index in [2.05, 4.69) is 22.0 Å². The molecule has 0 N–H and O–H groups in total. The summed E-state index contributed by atoms with van der Waals surface area (Å²) in [5.41, 5.74) is 3.76. The van der Waals surface area contributed by atoms with Crippen LogP contribution in [-0.4, -0.2) is 19.6 Å². The highest BCUT2D eigenvalue weighted by Gasteiger charge is 2.20. The molecule has 22 heavy (non-hydrogen) atoms. The fraction of sp³-hybridized carbons (Fsp3) is 0.278. The molecular weight excluding hydrogens is 342 g/mol. The fourth-order valence-corrected chi connectivity index (χ4v) is 2.79. The van der Waals surface area contributed by atoms with Gasteiger partial charge in [0, 0.05) is 16.7 Å². The monoisotopic (exact) mass is 361 g/mol. The van der Waals surface area contributed by atoms with Gasteiger partial charge in [0.05, 0.1) is 12.7 Å². The molecule has 2 aromatic carbocycles. The van der Waals surface area contributed by atoms with Crippen molar-refractivity contribution < 1.29 is 9.53 Å². The van der Waals surface area contributed by atoms with Gasteiger partial charge < -0.3 is 9.64 Å². The van der Waals surface area contributed by atoms with E-state index in [4.69, 9.17) is 4.74 Å². The second-order valence-electron chi connectivity index (χ2n) is 5.19. The van der Waals surface area contributed by atoms with Crippen LogP contribution in [0.25, 0.3) is 0 Å². The molecule has 0 aliphatic rings. The van der Waals surface area contributed by atoms with Gasteiger partial charge >= 0.3 is 0 Å². The molecule has 0 fully saturated rings. The number of nitrogens with zero attached hydrogens (tertiary/aromatic N) is 1. The van der Waals surface area contributed by atoms with Gasteiger partial charge in [0.25, 0.3) is 5.91 Å². The number of halogens is 1. The first-order valence-electron chi connectivity index (χ1n) is 7.20. The second-order valence-corrected chi connectivity index (χ2v) is 6.04. The average molecular weight is 362 g/mol. The maximum absolute atomic E-state index is 13.0. The lowest BCUT2D eigenvalue weighted by Gasteiger charge is -2.24. The van der Waals surface area contributed by atoms with E-state index in [-0.39, 0.29) is 5.91 Å². The van der Waals surface area contributed by atoms with Crippen LogP contribution in [0.15, 0.2) is 40.9 Å². The minimum absolute atomic E-state index is 0.0398. The zero-order valence-electron chi connectivity index (χ0n) is 13.3. The molecule has 0 radical (unpaired) electrons. The number of carbonyl (C=O) groups is 1. The van der Waals surface area contributed by atoms with Crippen LogP contribution in [-0.2, 0) is 0 Å². The van der Waals surface area contributed by atoms with E-state index >= 15 is 0 Å². The Hall–Kier alpha value is -1.81. The standard InChI is InChI=1S/C18H20BrNO2/c1-5-20(17-10-12(2)6-7-13(17)3)18(21)15-11-14(22-4)8-9-16(15)19/h6-11H,5H2,1-4H3. The van der Waals surface area contributed by atoms with Crippen LogP contribution in [0, 0.1) is 13.8 Å². The van der Waals surface area contributed by atoms with Crippen molar-refractivity contribution in [2.75, 3.05) is 18.6 Å². The Morgan fingerprint density at radius 2 is 1.91 bits per heavy atom. The van der Waals surface area contributed by atoms with E-state index in [0.717, 1.165) is 21.3 Å². The quantitative estimate of drug-likeness (QED) is 0.786. The maximum Gasteiger partial charge on any atom is 0.259 e. The van der Waals surface area contributed by atoms with E-state index in [9.17, 15) is 4.79 Å². The second kappa shape index (κ2) is 6.97. The Kier molecular flexibility index (Phi) is 5.24. The third kappa shape index (κ3) is 3.33. The molecule has 0 aliphatic heterocycles. The summed E-state index contributed by atoms with van der Waals surface area (Å²) in [5.74, 6) is 0.630. The number of rotatable bonds is 4. The summed E-state index contributed by atoms with van der Waals surface area (Å²) in [6.07, 6.45) is 0. The SMILES string of the molecule is CCN(C(=O)c1cc(OC)ccc1Br)c1cc(C)ccc1C. The van der Waals surface area contributed by atoms with Gasteiger partial charge in [-0.25, -0.2) is 0 Å². The predicted octanol–water partition coefficient (Wildman–Crippen LogP) is 4.74. The number of aryl methyl sites for hydroxylation is 2. The highest BCUT2D eigenvalue weighted by Crippen LogP contribution is 2.28. The highest BCUT2D eigenvalue weighted by atomic mass is 79.9. The van der Waals surface area contributed by atoms with E-state index < -0.39 is 0 Å². The van der Waals surface area contributed by atoms with Crippen molar-refractivity contribution >= 4 is 27.5 Å². The largest absolute Gasteiger partial charge is 0.497 e. The van der Waals surface area contributed by atoms with Crippen molar-refractivity contribution in [3.63, 3.8) is 0 Å². The molecule has 0 aliphatic carbocycles. The summed E-state index contributed by atoms with van der Waals surface area (Å²) in [4.78, 5) is 14.8. The van der Waals surface area contributed by atoms with E-state index in [1.165, 1.54) is 0 Å². The van der Waals surface area contributed by atoms with Crippen LogP contribution in [0.4, 0.5) is 5.69 Å². The maximum atomic E-state index is 13.0. The number of hydrogen-bond acceptors (Lipinski definition) is 2. The Balaban J connectivity index is 2.47. The summed E-state index contributed by atoms with van der Waals surface area (Å²) < 4.78 is 6.00. The van der Waals surface area contributed by atoms with Gasteiger partial charge in [-0.1, -0.05) is 12.1 Å². The van der Waals surface area contributed by atoms with Crippen molar-refractivity contribution in [2.45, 2.75) is 20.8 Å². The zero-order chi connectivity index (χ0) is 16.3. The van der Waals surface area contributed by atoms with Gasteiger partial charge in [0.1, 0.15) is 5.75 Å². The molecule has 3 nitrogen and oxygen atoms in total. The van der Waals surface area contributed by atoms with E-state index in [1.54, 1.807) is 18.1 Å². The Labute approximate surface area is 140 Å². The summed E-state index contributed by atoms with van der Waals surface area (Å²) in [6, 6.07) is 11.6. The van der Waals surface area contributed by atoms with Crippen molar-refractivity contribution in [3.05, 3.63) is 57.6 Å². The number of benzene rings is 2. The first-order valence-corrected chi connectivity index (χ1v) is 8.00. The molecule has 0 bridgehead atoms. The first-order chi connectivity index (χ1) is 10.5. The topological polar surface area (TPSA) is 29.5 Å². The third-order valence-electron chi connectivity index (χ3n) is 3.62. The predicted molar refractivity (Wildman–Crippen MR) is 94.0 cm³/mol. The molecule has 0 saturated heterocycles. The van der Waals surface area contributed by atoms with Gasteiger partial charge in [-0.05, 0) is 72.1 Å². The molecule has 0 unspecified atom stereocenters. The summed E-state index contributed by atoms with van der Waals surface area (Å²) in [7, 11) is 1.60. The number of hydrogen-bond donors (Lipinski definition) is 0. The van der Waals surface area contributed by atoms with Gasteiger partial charge in [-0.3, -0.25) is 4.79 Å². The third-order valence-corrected chi connectivity index (χ3v) is 4.31. The Bertz CT molecular complexity index is 697. The molecule has 116 valence electrons. The summed E-state index contributed by atoms with van der Waals surface area (Å²) in [5, 5.41) is 0. The smallest absolute Gasteiger partial charge is 0.259 e. The summed E-state index contributed by atoms with van der Waals surface area (Å²) in [6.45, 7) is 6.63. The minimum atomic E-state index is -0.0398. The van der Waals surface area contributed by atoms with Crippen LogP contribution in [0.2, 0.25) is 0 Å². The highest BCUT2D eigenvalue weighted by molar-refractivity contribution is 9.10. The van der Waals surface area contributed by atoms with Gasteiger partial charge in [-0.2, -0.15) is 0 Å². The van der Waals surface area contributed by atoms with Gasteiger partial charge in [0.15, 0.2) is 0 Å². The summed E-state index contributed by atoms with van der Waals surface area (Å²) >= 11 is 3.46. The lowest BCUT2D eigenvalue weighted by molar-refractivity contribution is 0.0987. The molecule has 0 atom stereocenters.